The molecule has 0 saturated heterocycles. The van der Waals surface area contributed by atoms with Gasteiger partial charge in [-0.2, -0.15) is 18.9 Å². The van der Waals surface area contributed by atoms with E-state index in [-0.39, 0.29) is 16.3 Å². The SMILES string of the molecule is N#CC(C#N)=C1C=C(/C=C/c2ccc(OS(=O)(=O)c3ccc([N+](=O)[O-])cc3[N+](=O)[O-])c(Cl)c2)Oc2ccccc21. The fourth-order valence-corrected chi connectivity index (χ4v) is 4.96. The van der Waals surface area contributed by atoms with E-state index in [0.29, 0.717) is 40.3 Å². The zero-order valence-corrected chi connectivity index (χ0v) is 21.4. The van der Waals surface area contributed by atoms with Gasteiger partial charge in [-0.1, -0.05) is 41.9 Å². The highest BCUT2D eigenvalue weighted by Crippen LogP contribution is 2.36. The second kappa shape index (κ2) is 11.1. The molecular formula is C26H13ClN4O8S. The third kappa shape index (κ3) is 5.66. The molecule has 0 bridgehead atoms. The first-order valence-electron chi connectivity index (χ1n) is 10.9. The van der Waals surface area contributed by atoms with Crippen molar-refractivity contribution >= 4 is 44.7 Å². The molecule has 0 radical (unpaired) electrons. The molecule has 0 fully saturated rings. The van der Waals surface area contributed by atoms with Crippen LogP contribution in [0, 0.1) is 42.9 Å². The van der Waals surface area contributed by atoms with Gasteiger partial charge in [0.15, 0.2) is 10.6 Å². The molecule has 40 heavy (non-hydrogen) atoms. The minimum atomic E-state index is -4.80. The number of nitriles is 2. The van der Waals surface area contributed by atoms with Crippen molar-refractivity contribution in [2.75, 3.05) is 0 Å². The van der Waals surface area contributed by atoms with E-state index in [1.54, 1.807) is 36.4 Å². The number of rotatable bonds is 7. The number of benzene rings is 3. The Balaban J connectivity index is 1.61. The highest BCUT2D eigenvalue weighted by atomic mass is 35.5. The smallest absolute Gasteiger partial charge is 0.346 e. The molecular weight excluding hydrogens is 564 g/mol. The number of ether oxygens (including phenoxy) is 1. The van der Waals surface area contributed by atoms with Gasteiger partial charge < -0.3 is 8.92 Å². The number of nitrogens with zero attached hydrogens (tertiary/aromatic N) is 4. The van der Waals surface area contributed by atoms with Gasteiger partial charge in [0.05, 0.1) is 20.9 Å². The average Bonchev–Trinajstić information content (AvgIpc) is 2.93. The predicted octanol–water partition coefficient (Wildman–Crippen LogP) is 5.71. The Morgan fingerprint density at radius 2 is 1.70 bits per heavy atom. The Kier molecular flexibility index (Phi) is 7.63. The van der Waals surface area contributed by atoms with E-state index in [0.717, 1.165) is 6.07 Å². The number of allylic oxidation sites excluding steroid dienone is 4. The lowest BCUT2D eigenvalue weighted by Crippen LogP contribution is -2.12. The molecule has 0 amide bonds. The van der Waals surface area contributed by atoms with Crippen molar-refractivity contribution in [1.82, 2.24) is 0 Å². The Hall–Kier alpha value is -5.50. The highest BCUT2D eigenvalue weighted by Gasteiger charge is 2.31. The summed E-state index contributed by atoms with van der Waals surface area (Å²) < 4.78 is 36.4. The van der Waals surface area contributed by atoms with Gasteiger partial charge >= 0.3 is 10.1 Å². The molecule has 4 rings (SSSR count). The number of fused-ring (bicyclic) bond motifs is 1. The summed E-state index contributed by atoms with van der Waals surface area (Å²) in [7, 11) is -4.80. The van der Waals surface area contributed by atoms with Gasteiger partial charge in [0, 0.05) is 17.2 Å². The molecule has 0 unspecified atom stereocenters. The fraction of sp³-hybridized carbons (Fsp3) is 0. The maximum atomic E-state index is 12.8. The molecule has 0 spiro atoms. The first-order valence-corrected chi connectivity index (χ1v) is 12.7. The van der Waals surface area contributed by atoms with Crippen LogP contribution in [0.2, 0.25) is 5.02 Å². The number of non-ortho nitro benzene ring substituents is 1. The predicted molar refractivity (Wildman–Crippen MR) is 141 cm³/mol. The second-order valence-corrected chi connectivity index (χ2v) is 9.81. The van der Waals surface area contributed by atoms with Gasteiger partial charge in [0.1, 0.15) is 29.2 Å². The third-order valence-corrected chi connectivity index (χ3v) is 6.98. The molecule has 14 heteroatoms. The summed E-state index contributed by atoms with van der Waals surface area (Å²) in [6, 6.07) is 16.7. The highest BCUT2D eigenvalue weighted by molar-refractivity contribution is 7.87. The van der Waals surface area contributed by atoms with E-state index in [9.17, 15) is 39.2 Å². The minimum Gasteiger partial charge on any atom is -0.457 e. The third-order valence-electron chi connectivity index (χ3n) is 5.40. The van der Waals surface area contributed by atoms with Crippen LogP contribution in [0.5, 0.6) is 11.5 Å². The minimum absolute atomic E-state index is 0.0966. The number of halogens is 1. The van der Waals surface area contributed by atoms with Crippen LogP contribution in [0.3, 0.4) is 0 Å². The van der Waals surface area contributed by atoms with E-state index in [1.807, 2.05) is 12.1 Å². The zero-order valence-electron chi connectivity index (χ0n) is 19.8. The Morgan fingerprint density at radius 3 is 2.35 bits per heavy atom. The Bertz CT molecular complexity index is 1850. The molecule has 1 heterocycles. The Labute approximate surface area is 231 Å². The van der Waals surface area contributed by atoms with Gasteiger partial charge in [-0.25, -0.2) is 0 Å². The molecule has 3 aromatic rings. The first kappa shape index (κ1) is 27.5. The lowest BCUT2D eigenvalue weighted by Gasteiger charge is -2.18. The molecule has 3 aromatic carbocycles. The fourth-order valence-electron chi connectivity index (χ4n) is 3.59. The van der Waals surface area contributed by atoms with Gasteiger partial charge in [-0.3, -0.25) is 20.2 Å². The monoisotopic (exact) mass is 576 g/mol. The van der Waals surface area contributed by atoms with Gasteiger partial charge in [-0.15, -0.1) is 0 Å². The summed E-state index contributed by atoms with van der Waals surface area (Å²) >= 11 is 6.21. The van der Waals surface area contributed by atoms with Crippen LogP contribution in [0.4, 0.5) is 11.4 Å². The van der Waals surface area contributed by atoms with Gasteiger partial charge in [0.2, 0.25) is 0 Å². The molecule has 0 aromatic heterocycles. The van der Waals surface area contributed by atoms with Crippen LogP contribution in [0.15, 0.2) is 89.0 Å². The largest absolute Gasteiger partial charge is 0.457 e. The number of para-hydroxylation sites is 1. The molecule has 0 atom stereocenters. The van der Waals surface area contributed by atoms with Crippen molar-refractivity contribution in [1.29, 1.82) is 10.5 Å². The molecule has 198 valence electrons. The summed E-state index contributed by atoms with van der Waals surface area (Å²) in [5.74, 6) is 0.405. The molecule has 0 N–H and O–H groups in total. The number of hydrogen-bond acceptors (Lipinski definition) is 10. The van der Waals surface area contributed by atoms with Crippen LogP contribution >= 0.6 is 11.6 Å². The first-order chi connectivity index (χ1) is 19.0. The summed E-state index contributed by atoms with van der Waals surface area (Å²) in [6.45, 7) is 0. The molecule has 12 nitrogen and oxygen atoms in total. The second-order valence-electron chi connectivity index (χ2n) is 7.88. The maximum absolute atomic E-state index is 12.8. The number of nitro benzene ring substituents is 2. The van der Waals surface area contributed by atoms with E-state index in [1.165, 1.54) is 24.3 Å². The summed E-state index contributed by atoms with van der Waals surface area (Å²) in [6.07, 6.45) is 4.65. The normalized spacial score (nSPS) is 12.4. The lowest BCUT2D eigenvalue weighted by molar-refractivity contribution is -0.396. The average molecular weight is 577 g/mol. The molecule has 1 aliphatic rings. The van der Waals surface area contributed by atoms with E-state index < -0.39 is 36.2 Å². The standard InChI is InChI=1S/C26H13ClN4O8S/c27-22-11-16(5-8-19-13-21(17(14-28)15-29)20-3-1-2-4-24(20)38-19)6-9-25(22)39-40(36,37)26-10-7-18(30(32)33)12-23(26)31(34)35/h1-13H/b8-5+. The summed E-state index contributed by atoms with van der Waals surface area (Å²) in [5.41, 5.74) is -0.349. The van der Waals surface area contributed by atoms with E-state index >= 15 is 0 Å². The lowest BCUT2D eigenvalue weighted by atomic mass is 9.97. The van der Waals surface area contributed by atoms with Crippen LogP contribution in [0.25, 0.3) is 11.6 Å². The van der Waals surface area contributed by atoms with Crippen molar-refractivity contribution < 1.29 is 27.2 Å². The van der Waals surface area contributed by atoms with Crippen molar-refractivity contribution in [2.24, 2.45) is 0 Å². The van der Waals surface area contributed by atoms with Crippen molar-refractivity contribution in [3.05, 3.63) is 121 Å². The van der Waals surface area contributed by atoms with E-state index in [2.05, 4.69) is 0 Å². The number of hydrogen-bond donors (Lipinski definition) is 0. The summed E-state index contributed by atoms with van der Waals surface area (Å²) in [4.78, 5) is 19.4. The van der Waals surface area contributed by atoms with Gasteiger partial charge in [-0.05, 0) is 42.0 Å². The zero-order chi connectivity index (χ0) is 29.0. The van der Waals surface area contributed by atoms with Crippen molar-refractivity contribution in [2.45, 2.75) is 4.90 Å². The van der Waals surface area contributed by atoms with Crippen LogP contribution < -0.4 is 8.92 Å². The Morgan fingerprint density at radius 1 is 0.975 bits per heavy atom. The van der Waals surface area contributed by atoms with Crippen LogP contribution in [-0.4, -0.2) is 18.3 Å². The topological polar surface area (TPSA) is 186 Å². The number of nitro groups is 2. The van der Waals surface area contributed by atoms with Crippen LogP contribution in [0.1, 0.15) is 11.1 Å². The maximum Gasteiger partial charge on any atom is 0.346 e. The van der Waals surface area contributed by atoms with Crippen LogP contribution in [-0.2, 0) is 10.1 Å². The van der Waals surface area contributed by atoms with Crippen molar-refractivity contribution in [3.63, 3.8) is 0 Å². The molecule has 1 aliphatic heterocycles. The summed E-state index contributed by atoms with van der Waals surface area (Å²) in [5, 5.41) is 40.8. The van der Waals surface area contributed by atoms with E-state index in [4.69, 9.17) is 20.5 Å². The quantitative estimate of drug-likeness (QED) is 0.146. The molecule has 0 aliphatic carbocycles. The molecule has 0 saturated carbocycles. The van der Waals surface area contributed by atoms with Gasteiger partial charge in [0.25, 0.3) is 11.4 Å². The van der Waals surface area contributed by atoms with Crippen molar-refractivity contribution in [3.8, 4) is 23.6 Å².